The van der Waals surface area contributed by atoms with E-state index >= 15 is 0 Å². The number of hydrogen-bond donors (Lipinski definition) is 1. The first-order chi connectivity index (χ1) is 12.1. The standard InChI is InChI=1S/C18H20ClN3O3/c19-13-2-3-15-12(9-13)1-4-16(15)22-11-14(20-21-22)10-18(17(23)24)5-7-25-8-6-18/h2-3,9,11,16H,1,4-8,10H2,(H,23,24). The smallest absolute Gasteiger partial charge is 0.310 e. The van der Waals surface area contributed by atoms with Gasteiger partial charge in [0.1, 0.15) is 0 Å². The summed E-state index contributed by atoms with van der Waals surface area (Å²) in [7, 11) is 0. The summed E-state index contributed by atoms with van der Waals surface area (Å²) in [4.78, 5) is 11.8. The summed E-state index contributed by atoms with van der Waals surface area (Å²) in [6, 6.07) is 6.10. The van der Waals surface area contributed by atoms with Crippen LogP contribution in [-0.2, 0) is 22.4 Å². The molecule has 7 heteroatoms. The highest BCUT2D eigenvalue weighted by Crippen LogP contribution is 2.37. The predicted molar refractivity (Wildman–Crippen MR) is 91.8 cm³/mol. The van der Waals surface area contributed by atoms with Crippen molar-refractivity contribution in [3.05, 3.63) is 46.2 Å². The van der Waals surface area contributed by atoms with Gasteiger partial charge in [0.15, 0.2) is 0 Å². The summed E-state index contributed by atoms with van der Waals surface area (Å²) in [5, 5.41) is 19.0. The first kappa shape index (κ1) is 16.5. The lowest BCUT2D eigenvalue weighted by Crippen LogP contribution is -2.39. The van der Waals surface area contributed by atoms with Crippen molar-refractivity contribution in [2.24, 2.45) is 5.41 Å². The molecule has 1 unspecified atom stereocenters. The molecule has 132 valence electrons. The van der Waals surface area contributed by atoms with Crippen LogP contribution >= 0.6 is 11.6 Å². The highest BCUT2D eigenvalue weighted by molar-refractivity contribution is 6.30. The van der Waals surface area contributed by atoms with Crippen molar-refractivity contribution in [3.8, 4) is 0 Å². The number of aromatic nitrogens is 3. The first-order valence-corrected chi connectivity index (χ1v) is 8.95. The predicted octanol–water partition coefficient (Wildman–Crippen LogP) is 2.89. The Morgan fingerprint density at radius 2 is 2.20 bits per heavy atom. The van der Waals surface area contributed by atoms with Crippen molar-refractivity contribution in [2.45, 2.75) is 38.1 Å². The maximum absolute atomic E-state index is 11.8. The Balaban J connectivity index is 1.56. The zero-order valence-corrected chi connectivity index (χ0v) is 14.6. The zero-order chi connectivity index (χ0) is 17.4. The molecule has 1 aromatic carbocycles. The van der Waals surface area contributed by atoms with Gasteiger partial charge in [-0.1, -0.05) is 22.9 Å². The van der Waals surface area contributed by atoms with Crippen LogP contribution in [0.15, 0.2) is 24.4 Å². The van der Waals surface area contributed by atoms with Crippen LogP contribution in [0.2, 0.25) is 5.02 Å². The van der Waals surface area contributed by atoms with E-state index in [2.05, 4.69) is 10.3 Å². The second-order valence-corrected chi connectivity index (χ2v) is 7.40. The normalized spacial score (nSPS) is 21.9. The second kappa shape index (κ2) is 6.42. The Labute approximate surface area is 150 Å². The number of fused-ring (bicyclic) bond motifs is 1. The molecule has 1 aliphatic carbocycles. The number of carbonyl (C=O) groups is 1. The largest absolute Gasteiger partial charge is 0.481 e. The van der Waals surface area contributed by atoms with Gasteiger partial charge in [-0.2, -0.15) is 0 Å². The molecule has 2 aliphatic rings. The van der Waals surface area contributed by atoms with E-state index in [1.54, 1.807) is 0 Å². The number of carboxylic acids is 1. The number of carboxylic acid groups (broad SMARTS) is 1. The first-order valence-electron chi connectivity index (χ1n) is 8.58. The number of ether oxygens (including phenoxy) is 1. The van der Waals surface area contributed by atoms with E-state index < -0.39 is 11.4 Å². The number of nitrogens with zero attached hydrogens (tertiary/aromatic N) is 3. The molecule has 0 spiro atoms. The van der Waals surface area contributed by atoms with Crippen LogP contribution in [0.1, 0.15) is 42.1 Å². The van der Waals surface area contributed by atoms with E-state index in [9.17, 15) is 9.90 Å². The van der Waals surface area contributed by atoms with Crippen LogP contribution in [0.3, 0.4) is 0 Å². The number of halogens is 1. The minimum atomic E-state index is -0.791. The van der Waals surface area contributed by atoms with Crippen molar-refractivity contribution >= 4 is 17.6 Å². The molecule has 1 saturated heterocycles. The number of benzene rings is 1. The molecule has 0 bridgehead atoms. The summed E-state index contributed by atoms with van der Waals surface area (Å²) in [6.45, 7) is 0.967. The van der Waals surface area contributed by atoms with Gasteiger partial charge in [0.25, 0.3) is 0 Å². The molecule has 1 fully saturated rings. The lowest BCUT2D eigenvalue weighted by atomic mass is 9.76. The van der Waals surface area contributed by atoms with E-state index in [0.717, 1.165) is 23.6 Å². The van der Waals surface area contributed by atoms with Gasteiger partial charge in [0.05, 0.1) is 17.2 Å². The fourth-order valence-electron chi connectivity index (χ4n) is 3.96. The summed E-state index contributed by atoms with van der Waals surface area (Å²) in [5.74, 6) is -0.772. The third-order valence-electron chi connectivity index (χ3n) is 5.45. The zero-order valence-electron chi connectivity index (χ0n) is 13.8. The van der Waals surface area contributed by atoms with Gasteiger partial charge < -0.3 is 9.84 Å². The van der Waals surface area contributed by atoms with Crippen LogP contribution < -0.4 is 0 Å². The quantitative estimate of drug-likeness (QED) is 0.906. The molecule has 0 radical (unpaired) electrons. The summed E-state index contributed by atoms with van der Waals surface area (Å²) >= 11 is 6.07. The Hall–Kier alpha value is -1.92. The van der Waals surface area contributed by atoms with Crippen LogP contribution in [0.4, 0.5) is 0 Å². The van der Waals surface area contributed by atoms with Gasteiger partial charge >= 0.3 is 5.97 Å². The lowest BCUT2D eigenvalue weighted by molar-refractivity contribution is -0.154. The minimum absolute atomic E-state index is 0.143. The number of rotatable bonds is 4. The average Bonchev–Trinajstić information content (AvgIpc) is 3.21. The number of aliphatic carboxylic acids is 1. The van der Waals surface area contributed by atoms with Gasteiger partial charge in [0, 0.05) is 30.9 Å². The van der Waals surface area contributed by atoms with E-state index in [1.807, 2.05) is 29.1 Å². The maximum Gasteiger partial charge on any atom is 0.310 e. The summed E-state index contributed by atoms with van der Waals surface area (Å²) in [6.07, 6.45) is 5.24. The molecule has 2 heterocycles. The van der Waals surface area contributed by atoms with Crippen molar-refractivity contribution < 1.29 is 14.6 Å². The van der Waals surface area contributed by atoms with Crippen LogP contribution in [0, 0.1) is 5.41 Å². The minimum Gasteiger partial charge on any atom is -0.481 e. The molecular formula is C18H20ClN3O3. The van der Waals surface area contributed by atoms with Crippen molar-refractivity contribution in [3.63, 3.8) is 0 Å². The van der Waals surface area contributed by atoms with Crippen molar-refractivity contribution in [2.75, 3.05) is 13.2 Å². The molecule has 0 amide bonds. The van der Waals surface area contributed by atoms with Crippen molar-refractivity contribution in [1.82, 2.24) is 15.0 Å². The van der Waals surface area contributed by atoms with Crippen molar-refractivity contribution in [1.29, 1.82) is 0 Å². The topological polar surface area (TPSA) is 77.2 Å². The Morgan fingerprint density at radius 3 is 2.96 bits per heavy atom. The fourth-order valence-corrected chi connectivity index (χ4v) is 4.15. The Bertz CT molecular complexity index is 799. The van der Waals surface area contributed by atoms with E-state index in [4.69, 9.17) is 16.3 Å². The molecule has 0 saturated carbocycles. The maximum atomic E-state index is 11.8. The van der Waals surface area contributed by atoms with Gasteiger partial charge in [0.2, 0.25) is 0 Å². The fraction of sp³-hybridized carbons (Fsp3) is 0.500. The molecule has 1 aliphatic heterocycles. The SMILES string of the molecule is O=C(O)C1(Cc2cn(C3CCc4cc(Cl)ccc43)nn2)CCOCC1. The third kappa shape index (κ3) is 3.04. The van der Waals surface area contributed by atoms with E-state index in [1.165, 1.54) is 11.1 Å². The van der Waals surface area contributed by atoms with Gasteiger partial charge in [-0.25, -0.2) is 4.68 Å². The molecule has 1 atom stereocenters. The monoisotopic (exact) mass is 361 g/mol. The van der Waals surface area contributed by atoms with Gasteiger partial charge in [-0.15, -0.1) is 5.10 Å². The molecule has 25 heavy (non-hydrogen) atoms. The number of aryl methyl sites for hydroxylation is 1. The van der Waals surface area contributed by atoms with Crippen LogP contribution in [0.5, 0.6) is 0 Å². The highest BCUT2D eigenvalue weighted by Gasteiger charge is 2.41. The molecule has 4 rings (SSSR count). The summed E-state index contributed by atoms with van der Waals surface area (Å²) in [5.41, 5.74) is 2.41. The molecule has 1 N–H and O–H groups in total. The average molecular weight is 362 g/mol. The Kier molecular flexibility index (Phi) is 4.25. The van der Waals surface area contributed by atoms with Crippen LogP contribution in [0.25, 0.3) is 0 Å². The summed E-state index contributed by atoms with van der Waals surface area (Å²) < 4.78 is 7.20. The highest BCUT2D eigenvalue weighted by atomic mass is 35.5. The lowest BCUT2D eigenvalue weighted by Gasteiger charge is -2.32. The molecular weight excluding hydrogens is 342 g/mol. The van der Waals surface area contributed by atoms with Gasteiger partial charge in [-0.05, 0) is 48.9 Å². The van der Waals surface area contributed by atoms with E-state index in [-0.39, 0.29) is 6.04 Å². The number of hydrogen-bond acceptors (Lipinski definition) is 4. The second-order valence-electron chi connectivity index (χ2n) is 6.96. The Morgan fingerprint density at radius 1 is 1.40 bits per heavy atom. The van der Waals surface area contributed by atoms with E-state index in [0.29, 0.717) is 32.5 Å². The van der Waals surface area contributed by atoms with Crippen LogP contribution in [-0.4, -0.2) is 39.3 Å². The third-order valence-corrected chi connectivity index (χ3v) is 5.69. The van der Waals surface area contributed by atoms with Gasteiger partial charge in [-0.3, -0.25) is 4.79 Å². The molecule has 1 aromatic heterocycles. The molecule has 6 nitrogen and oxygen atoms in total. The molecule has 2 aromatic rings.